The summed E-state index contributed by atoms with van der Waals surface area (Å²) in [5.74, 6) is 0.795. The molecule has 3 heteroatoms. The third-order valence-electron chi connectivity index (χ3n) is 6.36. The number of aliphatic hydroxyl groups is 1. The first-order chi connectivity index (χ1) is 8.67. The number of aliphatic hydroxyl groups excluding tert-OH is 1. The summed E-state index contributed by atoms with van der Waals surface area (Å²) in [4.78, 5) is 11.8. The molecule has 1 heterocycles. The highest BCUT2D eigenvalue weighted by Gasteiger charge is 2.63. The van der Waals surface area contributed by atoms with Crippen LogP contribution in [0.1, 0.15) is 59.8 Å². The molecule has 1 aliphatic heterocycles. The first kappa shape index (κ1) is 13.4. The third kappa shape index (κ3) is 1.77. The maximum atomic E-state index is 11.8. The van der Waals surface area contributed by atoms with E-state index in [4.69, 9.17) is 4.74 Å². The van der Waals surface area contributed by atoms with E-state index in [1.54, 1.807) is 0 Å². The highest BCUT2D eigenvalue weighted by Crippen LogP contribution is 2.64. The van der Waals surface area contributed by atoms with Crippen molar-refractivity contribution in [2.75, 3.05) is 0 Å². The summed E-state index contributed by atoms with van der Waals surface area (Å²) in [5.41, 5.74) is -0.116. The van der Waals surface area contributed by atoms with E-state index in [0.29, 0.717) is 12.3 Å². The van der Waals surface area contributed by atoms with Crippen molar-refractivity contribution in [1.82, 2.24) is 0 Å². The minimum absolute atomic E-state index is 0.0281. The largest absolute Gasteiger partial charge is 0.459 e. The Hall–Kier alpha value is -0.570. The van der Waals surface area contributed by atoms with Crippen LogP contribution in [-0.4, -0.2) is 22.8 Å². The van der Waals surface area contributed by atoms with Crippen molar-refractivity contribution < 1.29 is 14.6 Å². The van der Waals surface area contributed by atoms with Crippen molar-refractivity contribution in [2.24, 2.45) is 22.7 Å². The zero-order valence-corrected chi connectivity index (χ0v) is 12.5. The second-order valence-electron chi connectivity index (χ2n) is 8.19. The number of hydrogen-bond donors (Lipinski definition) is 1. The molecule has 1 N–H and O–H groups in total. The Balaban J connectivity index is 2.02. The number of hydrogen-bond acceptors (Lipinski definition) is 3. The topological polar surface area (TPSA) is 46.5 Å². The Bertz CT molecular complexity index is 416. The van der Waals surface area contributed by atoms with E-state index >= 15 is 0 Å². The fraction of sp³-hybridized carbons (Fsp3) is 0.938. The van der Waals surface area contributed by atoms with E-state index in [2.05, 4.69) is 27.7 Å². The van der Waals surface area contributed by atoms with Crippen LogP contribution in [0.3, 0.4) is 0 Å². The third-order valence-corrected chi connectivity index (χ3v) is 6.36. The molecule has 0 aromatic heterocycles. The summed E-state index contributed by atoms with van der Waals surface area (Å²) >= 11 is 0. The monoisotopic (exact) mass is 266 g/mol. The highest BCUT2D eigenvalue weighted by atomic mass is 16.6. The SMILES string of the molecule is CC1(C)C[C@@H](O)C[C@]2(C)[C@H]3CC(=O)O[C@@]3(C)CC[C@@H]12. The van der Waals surface area contributed by atoms with Crippen LogP contribution in [0.5, 0.6) is 0 Å². The van der Waals surface area contributed by atoms with E-state index < -0.39 is 0 Å². The smallest absolute Gasteiger partial charge is 0.306 e. The van der Waals surface area contributed by atoms with Crippen molar-refractivity contribution in [3.63, 3.8) is 0 Å². The lowest BCUT2D eigenvalue weighted by molar-refractivity contribution is -0.176. The lowest BCUT2D eigenvalue weighted by atomic mass is 9.45. The molecule has 2 saturated carbocycles. The van der Waals surface area contributed by atoms with Gasteiger partial charge in [-0.3, -0.25) is 4.79 Å². The van der Waals surface area contributed by atoms with Crippen molar-refractivity contribution in [3.8, 4) is 0 Å². The number of carbonyl (C=O) groups is 1. The maximum Gasteiger partial charge on any atom is 0.306 e. The Morgan fingerprint density at radius 1 is 1.16 bits per heavy atom. The van der Waals surface area contributed by atoms with Crippen molar-refractivity contribution >= 4 is 5.97 Å². The zero-order chi connectivity index (χ0) is 14.1. The van der Waals surface area contributed by atoms with Gasteiger partial charge in [0, 0.05) is 5.92 Å². The summed E-state index contributed by atoms with van der Waals surface area (Å²) < 4.78 is 5.65. The average Bonchev–Trinajstić information content (AvgIpc) is 2.51. The molecule has 2 aliphatic carbocycles. The van der Waals surface area contributed by atoms with Crippen LogP contribution in [0.2, 0.25) is 0 Å². The van der Waals surface area contributed by atoms with Gasteiger partial charge in [-0.1, -0.05) is 20.8 Å². The minimum atomic E-state index is -0.296. The predicted molar refractivity (Wildman–Crippen MR) is 72.5 cm³/mol. The van der Waals surface area contributed by atoms with Crippen LogP contribution in [0.25, 0.3) is 0 Å². The van der Waals surface area contributed by atoms with E-state index in [-0.39, 0.29) is 34.4 Å². The van der Waals surface area contributed by atoms with E-state index in [9.17, 15) is 9.90 Å². The van der Waals surface area contributed by atoms with Gasteiger partial charge in [-0.05, 0) is 49.4 Å². The first-order valence-electron chi connectivity index (χ1n) is 7.57. The van der Waals surface area contributed by atoms with Gasteiger partial charge in [-0.15, -0.1) is 0 Å². The summed E-state index contributed by atoms with van der Waals surface area (Å²) in [6.07, 6.45) is 4.07. The standard InChI is InChI=1S/C16H26O3/c1-14(2)8-10(17)9-15(3)11(14)5-6-16(4)12(15)7-13(18)19-16/h10-12,17H,5-9H2,1-4H3/t10-,11+,12-,15+,16+/m1/s1. The molecule has 0 aromatic rings. The molecule has 0 bridgehead atoms. The Morgan fingerprint density at radius 3 is 2.53 bits per heavy atom. The van der Waals surface area contributed by atoms with Gasteiger partial charge in [-0.2, -0.15) is 0 Å². The van der Waals surface area contributed by atoms with Gasteiger partial charge in [0.05, 0.1) is 12.5 Å². The van der Waals surface area contributed by atoms with Crippen LogP contribution in [0, 0.1) is 22.7 Å². The van der Waals surface area contributed by atoms with Crippen LogP contribution in [-0.2, 0) is 9.53 Å². The van der Waals surface area contributed by atoms with Gasteiger partial charge >= 0.3 is 5.97 Å². The summed E-state index contributed by atoms with van der Waals surface area (Å²) in [6.45, 7) is 8.93. The molecule has 3 rings (SSSR count). The summed E-state index contributed by atoms with van der Waals surface area (Å²) in [7, 11) is 0. The Morgan fingerprint density at radius 2 is 1.84 bits per heavy atom. The van der Waals surface area contributed by atoms with Crippen molar-refractivity contribution in [2.45, 2.75) is 71.5 Å². The molecule has 19 heavy (non-hydrogen) atoms. The molecule has 0 spiro atoms. The quantitative estimate of drug-likeness (QED) is 0.686. The Kier molecular flexibility index (Phi) is 2.65. The number of carbonyl (C=O) groups excluding carboxylic acids is 1. The number of fused-ring (bicyclic) bond motifs is 3. The van der Waals surface area contributed by atoms with Gasteiger partial charge in [-0.25, -0.2) is 0 Å². The molecule has 0 amide bonds. The number of rotatable bonds is 0. The lowest BCUT2D eigenvalue weighted by Crippen LogP contribution is -2.58. The molecule has 3 aliphatic rings. The van der Waals surface area contributed by atoms with Crippen LogP contribution in [0.15, 0.2) is 0 Å². The summed E-state index contributed by atoms with van der Waals surface area (Å²) in [6, 6.07) is 0. The molecular formula is C16H26O3. The van der Waals surface area contributed by atoms with Gasteiger partial charge in [0.2, 0.25) is 0 Å². The molecule has 5 atom stereocenters. The average molecular weight is 266 g/mol. The van der Waals surface area contributed by atoms with Gasteiger partial charge in [0.1, 0.15) is 5.60 Å². The zero-order valence-electron chi connectivity index (χ0n) is 12.5. The molecule has 0 unspecified atom stereocenters. The second-order valence-corrected chi connectivity index (χ2v) is 8.19. The van der Waals surface area contributed by atoms with Gasteiger partial charge < -0.3 is 9.84 Å². The van der Waals surface area contributed by atoms with Crippen molar-refractivity contribution in [3.05, 3.63) is 0 Å². The van der Waals surface area contributed by atoms with Crippen LogP contribution >= 0.6 is 0 Å². The summed E-state index contributed by atoms with van der Waals surface area (Å²) in [5, 5.41) is 10.3. The molecule has 1 saturated heterocycles. The fourth-order valence-corrected chi connectivity index (χ4v) is 5.81. The first-order valence-corrected chi connectivity index (χ1v) is 7.57. The minimum Gasteiger partial charge on any atom is -0.459 e. The number of esters is 1. The molecule has 0 aromatic carbocycles. The van der Waals surface area contributed by atoms with E-state index in [1.165, 1.54) is 0 Å². The second kappa shape index (κ2) is 3.75. The Labute approximate surface area is 115 Å². The van der Waals surface area contributed by atoms with Gasteiger partial charge in [0.15, 0.2) is 0 Å². The van der Waals surface area contributed by atoms with Crippen LogP contribution in [0.4, 0.5) is 0 Å². The normalized spacial score (nSPS) is 52.3. The number of ether oxygens (including phenoxy) is 1. The van der Waals surface area contributed by atoms with E-state index in [1.807, 2.05) is 0 Å². The van der Waals surface area contributed by atoms with Gasteiger partial charge in [0.25, 0.3) is 0 Å². The fourth-order valence-electron chi connectivity index (χ4n) is 5.81. The van der Waals surface area contributed by atoms with Crippen molar-refractivity contribution in [1.29, 1.82) is 0 Å². The molecule has 108 valence electrons. The maximum absolute atomic E-state index is 11.8. The molecular weight excluding hydrogens is 240 g/mol. The van der Waals surface area contributed by atoms with Crippen LogP contribution < -0.4 is 0 Å². The molecule has 3 nitrogen and oxygen atoms in total. The predicted octanol–water partition coefficient (Wildman–Crippen LogP) is 2.91. The highest BCUT2D eigenvalue weighted by molar-refractivity contribution is 5.73. The molecule has 0 radical (unpaired) electrons. The van der Waals surface area contributed by atoms with E-state index in [0.717, 1.165) is 25.7 Å². The molecule has 3 fully saturated rings. The lowest BCUT2D eigenvalue weighted by Gasteiger charge is -2.60.